The number of hydrogen-bond acceptors (Lipinski definition) is 2. The number of rotatable bonds is 1. The zero-order valence-electron chi connectivity index (χ0n) is 8.22. The quantitative estimate of drug-likeness (QED) is 0.824. The summed E-state index contributed by atoms with van der Waals surface area (Å²) < 4.78 is 1.21. The van der Waals surface area contributed by atoms with Gasteiger partial charge in [-0.3, -0.25) is 0 Å². The summed E-state index contributed by atoms with van der Waals surface area (Å²) in [7, 11) is 0. The third kappa shape index (κ3) is 2.47. The Morgan fingerprint density at radius 1 is 1.57 bits per heavy atom. The van der Waals surface area contributed by atoms with Crippen molar-refractivity contribution in [1.29, 1.82) is 0 Å². The van der Waals surface area contributed by atoms with Gasteiger partial charge in [-0.05, 0) is 53.0 Å². The van der Waals surface area contributed by atoms with Gasteiger partial charge in [-0.15, -0.1) is 11.3 Å². The maximum absolute atomic E-state index is 3.49. The molecule has 1 aliphatic rings. The van der Waals surface area contributed by atoms with E-state index in [2.05, 4.69) is 46.4 Å². The Hall–Kier alpha value is -0.120. The van der Waals surface area contributed by atoms with Crippen molar-refractivity contribution < 1.29 is 0 Å². The number of piperidine rings is 1. The molecule has 14 heavy (non-hydrogen) atoms. The molecule has 0 aliphatic carbocycles. The fourth-order valence-electron chi connectivity index (χ4n) is 1.73. The summed E-state index contributed by atoms with van der Waals surface area (Å²) in [6.07, 6.45) is 3.54. The molecule has 1 aromatic rings. The van der Waals surface area contributed by atoms with Gasteiger partial charge in [0, 0.05) is 11.4 Å². The average molecular weight is 272 g/mol. The summed E-state index contributed by atoms with van der Waals surface area (Å²) in [4.78, 5) is 1.36. The zero-order chi connectivity index (χ0) is 9.97. The number of halogens is 1. The zero-order valence-corrected chi connectivity index (χ0v) is 10.6. The van der Waals surface area contributed by atoms with Gasteiger partial charge in [0.2, 0.25) is 0 Å². The van der Waals surface area contributed by atoms with Crippen LogP contribution in [0.1, 0.15) is 18.2 Å². The number of nitrogens with one attached hydrogen (secondary N) is 1. The Balaban J connectivity index is 2.16. The molecule has 3 heteroatoms. The van der Waals surface area contributed by atoms with Crippen LogP contribution in [0, 0.1) is 5.92 Å². The van der Waals surface area contributed by atoms with Crippen molar-refractivity contribution in [3.8, 4) is 0 Å². The fourth-order valence-corrected chi connectivity index (χ4v) is 3.13. The molecule has 1 fully saturated rings. The van der Waals surface area contributed by atoms with Crippen molar-refractivity contribution in [1.82, 2.24) is 5.32 Å². The normalized spacial score (nSPS) is 25.6. The molecule has 2 rings (SSSR count). The van der Waals surface area contributed by atoms with Crippen LogP contribution in [0.25, 0.3) is 6.08 Å². The third-order valence-electron chi connectivity index (χ3n) is 2.60. The van der Waals surface area contributed by atoms with Gasteiger partial charge in [-0.1, -0.05) is 12.5 Å². The van der Waals surface area contributed by atoms with E-state index in [1.165, 1.54) is 15.1 Å². The largest absolute Gasteiger partial charge is 0.316 e. The van der Waals surface area contributed by atoms with E-state index in [1.807, 2.05) is 0 Å². The lowest BCUT2D eigenvalue weighted by molar-refractivity contribution is 0.505. The summed E-state index contributed by atoms with van der Waals surface area (Å²) in [5.74, 6) is 0.685. The minimum Gasteiger partial charge on any atom is -0.316 e. The highest BCUT2D eigenvalue weighted by Crippen LogP contribution is 2.27. The first-order valence-electron chi connectivity index (χ1n) is 4.92. The second-order valence-corrected chi connectivity index (χ2v) is 6.21. The van der Waals surface area contributed by atoms with Crippen molar-refractivity contribution in [2.45, 2.75) is 13.3 Å². The summed E-state index contributed by atoms with van der Waals surface area (Å²) in [5, 5.41) is 3.41. The van der Waals surface area contributed by atoms with Gasteiger partial charge >= 0.3 is 0 Å². The Bertz CT molecular complexity index is 343. The molecule has 1 nitrogen and oxygen atoms in total. The van der Waals surface area contributed by atoms with Gasteiger partial charge < -0.3 is 5.32 Å². The van der Waals surface area contributed by atoms with E-state index in [0.29, 0.717) is 5.92 Å². The van der Waals surface area contributed by atoms with Crippen molar-refractivity contribution >= 4 is 33.3 Å². The lowest BCUT2D eigenvalue weighted by atomic mass is 9.94. The Morgan fingerprint density at radius 3 is 3.07 bits per heavy atom. The van der Waals surface area contributed by atoms with Crippen LogP contribution >= 0.6 is 27.3 Å². The molecule has 1 aliphatic heterocycles. The second kappa shape index (κ2) is 4.60. The van der Waals surface area contributed by atoms with Crippen LogP contribution in [0.3, 0.4) is 0 Å². The first-order valence-corrected chi connectivity index (χ1v) is 6.53. The molecule has 0 amide bonds. The highest BCUT2D eigenvalue weighted by molar-refractivity contribution is 9.11. The van der Waals surface area contributed by atoms with E-state index in [0.717, 1.165) is 13.1 Å². The molecule has 1 unspecified atom stereocenters. The molecule has 0 saturated carbocycles. The van der Waals surface area contributed by atoms with E-state index in [9.17, 15) is 0 Å². The molecule has 1 saturated heterocycles. The minimum absolute atomic E-state index is 0.685. The molecule has 1 aromatic heterocycles. The number of thiophene rings is 1. The summed E-state index contributed by atoms with van der Waals surface area (Å²) in [6.45, 7) is 4.54. The van der Waals surface area contributed by atoms with Crippen molar-refractivity contribution in [2.75, 3.05) is 13.1 Å². The van der Waals surface area contributed by atoms with Crippen molar-refractivity contribution in [3.63, 3.8) is 0 Å². The Kier molecular flexibility index (Phi) is 3.42. The first-order chi connectivity index (χ1) is 6.75. The molecule has 0 radical (unpaired) electrons. The average Bonchev–Trinajstić information content (AvgIpc) is 2.56. The maximum Gasteiger partial charge on any atom is 0.0704 e. The molecule has 76 valence electrons. The predicted octanol–water partition coefficient (Wildman–Crippen LogP) is 3.52. The van der Waals surface area contributed by atoms with Gasteiger partial charge in [0.05, 0.1) is 3.79 Å². The molecule has 1 atom stereocenters. The monoisotopic (exact) mass is 271 g/mol. The van der Waals surface area contributed by atoms with Crippen LogP contribution < -0.4 is 5.32 Å². The second-order valence-electron chi connectivity index (χ2n) is 3.72. The van der Waals surface area contributed by atoms with Crippen molar-refractivity contribution in [3.05, 3.63) is 26.4 Å². The summed E-state index contributed by atoms with van der Waals surface area (Å²) in [6, 6.07) is 4.29. The molecule has 0 bridgehead atoms. The van der Waals surface area contributed by atoms with E-state index in [4.69, 9.17) is 0 Å². The third-order valence-corrected chi connectivity index (χ3v) is 4.17. The molecular formula is C11H14BrNS. The van der Waals surface area contributed by atoms with Gasteiger partial charge in [0.15, 0.2) is 0 Å². The first kappa shape index (κ1) is 10.4. The van der Waals surface area contributed by atoms with Crippen LogP contribution in [0.15, 0.2) is 21.5 Å². The highest BCUT2D eigenvalue weighted by atomic mass is 79.9. The SMILES string of the molecule is CC1CNCC/C1=C\c1ccc(Br)s1. The van der Waals surface area contributed by atoms with Crippen LogP contribution in [-0.4, -0.2) is 13.1 Å². The predicted molar refractivity (Wildman–Crippen MR) is 66.6 cm³/mol. The molecule has 2 heterocycles. The van der Waals surface area contributed by atoms with E-state index < -0.39 is 0 Å². The molecule has 1 N–H and O–H groups in total. The van der Waals surface area contributed by atoms with Gasteiger partial charge in [0.25, 0.3) is 0 Å². The van der Waals surface area contributed by atoms with E-state index in [1.54, 1.807) is 16.9 Å². The Morgan fingerprint density at radius 2 is 2.43 bits per heavy atom. The topological polar surface area (TPSA) is 12.0 Å². The summed E-state index contributed by atoms with van der Waals surface area (Å²) in [5.41, 5.74) is 1.58. The minimum atomic E-state index is 0.685. The standard InChI is InChI=1S/C11H14BrNS/c1-8-7-13-5-4-9(8)6-10-2-3-11(12)14-10/h2-3,6,8,13H,4-5,7H2,1H3/b9-6+. The van der Waals surface area contributed by atoms with Gasteiger partial charge in [-0.25, -0.2) is 0 Å². The van der Waals surface area contributed by atoms with Gasteiger partial charge in [0.1, 0.15) is 0 Å². The van der Waals surface area contributed by atoms with Crippen LogP contribution in [0.2, 0.25) is 0 Å². The summed E-state index contributed by atoms with van der Waals surface area (Å²) >= 11 is 5.29. The Labute approximate surface area is 97.3 Å². The number of hydrogen-bond donors (Lipinski definition) is 1. The smallest absolute Gasteiger partial charge is 0.0704 e. The molecule has 0 aromatic carbocycles. The lowest BCUT2D eigenvalue weighted by Gasteiger charge is -2.22. The van der Waals surface area contributed by atoms with Crippen LogP contribution in [0.4, 0.5) is 0 Å². The molecular weight excluding hydrogens is 258 g/mol. The van der Waals surface area contributed by atoms with E-state index >= 15 is 0 Å². The van der Waals surface area contributed by atoms with Crippen LogP contribution in [-0.2, 0) is 0 Å². The highest BCUT2D eigenvalue weighted by Gasteiger charge is 2.13. The van der Waals surface area contributed by atoms with Gasteiger partial charge in [-0.2, -0.15) is 0 Å². The van der Waals surface area contributed by atoms with Crippen LogP contribution in [0.5, 0.6) is 0 Å². The fraction of sp³-hybridized carbons (Fsp3) is 0.455. The van der Waals surface area contributed by atoms with E-state index in [-0.39, 0.29) is 0 Å². The maximum atomic E-state index is 3.49. The van der Waals surface area contributed by atoms with Crippen molar-refractivity contribution in [2.24, 2.45) is 5.92 Å². The molecule has 0 spiro atoms. The lowest BCUT2D eigenvalue weighted by Crippen LogP contribution is -2.29.